The topological polar surface area (TPSA) is 93.8 Å². The van der Waals surface area contributed by atoms with Crippen LogP contribution in [0.25, 0.3) is 32.2 Å². The fourth-order valence-electron chi connectivity index (χ4n) is 3.30. The van der Waals surface area contributed by atoms with Crippen molar-refractivity contribution < 1.29 is 4.92 Å². The Labute approximate surface area is 168 Å². The largest absolute Gasteiger partial charge is 0.338 e. The molecule has 0 atom stereocenters. The summed E-state index contributed by atoms with van der Waals surface area (Å²) in [4.78, 5) is 24.9. The van der Waals surface area contributed by atoms with E-state index in [0.29, 0.717) is 5.82 Å². The van der Waals surface area contributed by atoms with E-state index < -0.39 is 4.92 Å². The lowest BCUT2D eigenvalue weighted by atomic mass is 10.1. The van der Waals surface area contributed by atoms with Crippen molar-refractivity contribution in [2.24, 2.45) is 0 Å². The third-order valence-electron chi connectivity index (χ3n) is 4.62. The van der Waals surface area contributed by atoms with Crippen LogP contribution in [0.2, 0.25) is 0 Å². The maximum Gasteiger partial charge on any atom is 0.270 e. The number of nitro benzene ring substituents is 1. The smallest absolute Gasteiger partial charge is 0.270 e. The minimum Gasteiger partial charge on any atom is -0.338 e. The van der Waals surface area contributed by atoms with Crippen LogP contribution in [-0.4, -0.2) is 19.9 Å². The molecule has 0 aliphatic carbocycles. The summed E-state index contributed by atoms with van der Waals surface area (Å²) in [5, 5.41) is 18.4. The number of fused-ring (bicyclic) bond motifs is 2. The van der Waals surface area contributed by atoms with Crippen molar-refractivity contribution >= 4 is 49.6 Å². The molecule has 0 unspecified atom stereocenters. The molecule has 29 heavy (non-hydrogen) atoms. The fourth-order valence-corrected chi connectivity index (χ4v) is 4.22. The van der Waals surface area contributed by atoms with Crippen LogP contribution in [0.1, 0.15) is 0 Å². The molecule has 3 heterocycles. The number of anilines is 2. The molecule has 0 radical (unpaired) electrons. The first-order chi connectivity index (χ1) is 14.2. The highest BCUT2D eigenvalue weighted by atomic mass is 32.1. The summed E-state index contributed by atoms with van der Waals surface area (Å²) in [5.41, 5.74) is 3.32. The molecular formula is C21H13N5O2S. The van der Waals surface area contributed by atoms with E-state index in [-0.39, 0.29) is 5.69 Å². The second-order valence-corrected chi connectivity index (χ2v) is 7.22. The van der Waals surface area contributed by atoms with Gasteiger partial charge in [-0.3, -0.25) is 15.1 Å². The van der Waals surface area contributed by atoms with Crippen LogP contribution in [0.3, 0.4) is 0 Å². The van der Waals surface area contributed by atoms with Gasteiger partial charge in [0.1, 0.15) is 17.0 Å². The van der Waals surface area contributed by atoms with Crippen LogP contribution < -0.4 is 5.32 Å². The number of thiophene rings is 1. The van der Waals surface area contributed by atoms with Crippen LogP contribution in [0.5, 0.6) is 0 Å². The first-order valence-corrected chi connectivity index (χ1v) is 9.66. The highest BCUT2D eigenvalue weighted by molar-refractivity contribution is 7.17. The Morgan fingerprint density at radius 1 is 1.00 bits per heavy atom. The SMILES string of the molecule is O=[N+]([O-])c1cccc(-c2csc3ncnc(Nc4cccc5cccnc45)c23)c1. The maximum atomic E-state index is 11.2. The maximum absolute atomic E-state index is 11.2. The minimum absolute atomic E-state index is 0.0477. The zero-order valence-corrected chi connectivity index (χ0v) is 15.8. The van der Waals surface area contributed by atoms with Crippen molar-refractivity contribution in [3.05, 3.63) is 82.6 Å². The Morgan fingerprint density at radius 3 is 2.76 bits per heavy atom. The number of hydrogen-bond donors (Lipinski definition) is 1. The number of hydrogen-bond acceptors (Lipinski definition) is 7. The van der Waals surface area contributed by atoms with Crippen LogP contribution in [-0.2, 0) is 0 Å². The number of non-ortho nitro benzene ring substituents is 1. The zero-order chi connectivity index (χ0) is 19.8. The summed E-state index contributed by atoms with van der Waals surface area (Å²) < 4.78 is 0. The molecule has 0 bridgehead atoms. The summed E-state index contributed by atoms with van der Waals surface area (Å²) in [7, 11) is 0. The van der Waals surface area contributed by atoms with Crippen molar-refractivity contribution in [2.45, 2.75) is 0 Å². The predicted octanol–water partition coefficient (Wildman–Crippen LogP) is 5.56. The highest BCUT2D eigenvalue weighted by Gasteiger charge is 2.16. The summed E-state index contributed by atoms with van der Waals surface area (Å²) >= 11 is 1.47. The number of nitrogens with zero attached hydrogens (tertiary/aromatic N) is 4. The number of nitro groups is 1. The lowest BCUT2D eigenvalue weighted by molar-refractivity contribution is -0.384. The number of benzene rings is 2. The molecule has 140 valence electrons. The second kappa shape index (κ2) is 6.92. The van der Waals surface area contributed by atoms with Crippen molar-refractivity contribution in [1.82, 2.24) is 15.0 Å². The number of nitrogens with one attached hydrogen (secondary N) is 1. The van der Waals surface area contributed by atoms with Crippen LogP contribution >= 0.6 is 11.3 Å². The Hall–Kier alpha value is -3.91. The van der Waals surface area contributed by atoms with Gasteiger partial charge in [0.15, 0.2) is 0 Å². The number of pyridine rings is 1. The minimum atomic E-state index is -0.393. The Bertz CT molecular complexity index is 1380. The number of rotatable bonds is 4. The number of aromatic nitrogens is 3. The standard InChI is InChI=1S/C21H13N5O2S/c27-26(28)15-7-1-5-14(10-15)16-11-29-21-18(16)20(23-12-24-21)25-17-8-2-4-13-6-3-9-22-19(13)17/h1-12H,(H,23,24,25). The van der Waals surface area contributed by atoms with E-state index in [0.717, 1.165) is 37.9 Å². The molecule has 3 aromatic heterocycles. The lowest BCUT2D eigenvalue weighted by Gasteiger charge is -2.10. The van der Waals surface area contributed by atoms with Crippen LogP contribution in [0.15, 0.2) is 72.5 Å². The molecule has 0 amide bonds. The first kappa shape index (κ1) is 17.2. The van der Waals surface area contributed by atoms with Gasteiger partial charge in [0.05, 0.1) is 21.5 Å². The molecule has 5 aromatic rings. The average Bonchev–Trinajstić information content (AvgIpc) is 3.19. The van der Waals surface area contributed by atoms with Gasteiger partial charge in [-0.05, 0) is 17.7 Å². The fraction of sp³-hybridized carbons (Fsp3) is 0. The summed E-state index contributed by atoms with van der Waals surface area (Å²) in [5.74, 6) is 0.635. The molecule has 0 saturated heterocycles. The van der Waals surface area contributed by atoms with Crippen molar-refractivity contribution in [2.75, 3.05) is 5.32 Å². The normalized spacial score (nSPS) is 11.0. The van der Waals surface area contributed by atoms with E-state index >= 15 is 0 Å². The third-order valence-corrected chi connectivity index (χ3v) is 5.51. The van der Waals surface area contributed by atoms with Gasteiger partial charge in [-0.15, -0.1) is 11.3 Å². The number of para-hydroxylation sites is 1. The van der Waals surface area contributed by atoms with Gasteiger partial charge in [0.2, 0.25) is 0 Å². The van der Waals surface area contributed by atoms with Gasteiger partial charge in [-0.1, -0.05) is 30.3 Å². The Balaban J connectivity index is 1.67. The van der Waals surface area contributed by atoms with E-state index in [9.17, 15) is 10.1 Å². The molecule has 0 fully saturated rings. The van der Waals surface area contributed by atoms with Gasteiger partial charge >= 0.3 is 0 Å². The van der Waals surface area contributed by atoms with Crippen LogP contribution in [0, 0.1) is 10.1 Å². The van der Waals surface area contributed by atoms with E-state index in [4.69, 9.17) is 0 Å². The molecule has 1 N–H and O–H groups in total. The van der Waals surface area contributed by atoms with Gasteiger partial charge in [-0.25, -0.2) is 9.97 Å². The second-order valence-electron chi connectivity index (χ2n) is 6.36. The molecule has 7 nitrogen and oxygen atoms in total. The van der Waals surface area contributed by atoms with Crippen molar-refractivity contribution in [1.29, 1.82) is 0 Å². The Kier molecular flexibility index (Phi) is 4.10. The molecule has 0 spiro atoms. The monoisotopic (exact) mass is 399 g/mol. The molecule has 8 heteroatoms. The van der Waals surface area contributed by atoms with Gasteiger partial charge in [0, 0.05) is 34.7 Å². The van der Waals surface area contributed by atoms with E-state index in [1.807, 2.05) is 41.8 Å². The summed E-state index contributed by atoms with van der Waals surface area (Å²) in [6.45, 7) is 0. The third kappa shape index (κ3) is 3.05. The van der Waals surface area contributed by atoms with Crippen molar-refractivity contribution in [3.63, 3.8) is 0 Å². The zero-order valence-electron chi connectivity index (χ0n) is 14.9. The van der Waals surface area contributed by atoms with Gasteiger partial charge in [0.25, 0.3) is 5.69 Å². The quantitative estimate of drug-likeness (QED) is 0.314. The van der Waals surface area contributed by atoms with E-state index in [1.165, 1.54) is 23.7 Å². The Morgan fingerprint density at radius 2 is 1.86 bits per heavy atom. The molecular weight excluding hydrogens is 386 g/mol. The first-order valence-electron chi connectivity index (χ1n) is 8.78. The highest BCUT2D eigenvalue weighted by Crippen LogP contribution is 2.38. The van der Waals surface area contributed by atoms with Crippen LogP contribution in [0.4, 0.5) is 17.2 Å². The lowest BCUT2D eigenvalue weighted by Crippen LogP contribution is -1.97. The molecule has 0 aliphatic heterocycles. The van der Waals surface area contributed by atoms with Gasteiger partial charge < -0.3 is 5.32 Å². The molecule has 0 saturated carbocycles. The van der Waals surface area contributed by atoms with E-state index in [2.05, 4.69) is 20.3 Å². The molecule has 2 aromatic carbocycles. The molecule has 0 aliphatic rings. The predicted molar refractivity (Wildman–Crippen MR) is 115 cm³/mol. The van der Waals surface area contributed by atoms with E-state index in [1.54, 1.807) is 18.3 Å². The average molecular weight is 399 g/mol. The summed E-state index contributed by atoms with van der Waals surface area (Å²) in [6.07, 6.45) is 3.26. The van der Waals surface area contributed by atoms with Gasteiger partial charge in [-0.2, -0.15) is 0 Å². The molecule has 5 rings (SSSR count). The van der Waals surface area contributed by atoms with Crippen molar-refractivity contribution in [3.8, 4) is 11.1 Å². The summed E-state index contributed by atoms with van der Waals surface area (Å²) in [6, 6.07) is 16.4.